The lowest BCUT2D eigenvalue weighted by molar-refractivity contribution is -0.167. The van der Waals surface area contributed by atoms with Crippen molar-refractivity contribution < 1.29 is 28.6 Å². The SMILES string of the molecule is CC\C=C/C=C\C=C/C=C\C=C/CCCC(=O)OCC(COC(=O)CCCCCCCC/C=C\C/C=C\C/C=C\CC)OC(=O)CCCCC/C=C\CCCCCCCCC. The molecule has 6 heteroatoms. The normalized spacial score (nSPS) is 13.0. The zero-order valence-electron chi connectivity index (χ0n) is 39.1. The Kier molecular flexibility index (Phi) is 45.6. The monoisotopic (exact) mass is 845 g/mol. The molecule has 0 radical (unpaired) electrons. The van der Waals surface area contributed by atoms with Crippen molar-refractivity contribution in [2.75, 3.05) is 13.2 Å². The topological polar surface area (TPSA) is 78.9 Å². The summed E-state index contributed by atoms with van der Waals surface area (Å²) < 4.78 is 16.7. The van der Waals surface area contributed by atoms with E-state index in [4.69, 9.17) is 14.2 Å². The molecule has 0 bridgehead atoms. The Morgan fingerprint density at radius 3 is 1.28 bits per heavy atom. The van der Waals surface area contributed by atoms with Gasteiger partial charge in [0.15, 0.2) is 6.10 Å². The molecule has 0 aromatic carbocycles. The zero-order chi connectivity index (χ0) is 44.4. The minimum Gasteiger partial charge on any atom is -0.462 e. The third-order valence-electron chi connectivity index (χ3n) is 9.87. The fourth-order valence-electron chi connectivity index (χ4n) is 6.24. The lowest BCUT2D eigenvalue weighted by Gasteiger charge is -2.18. The second-order valence-corrected chi connectivity index (χ2v) is 15.7. The predicted octanol–water partition coefficient (Wildman–Crippen LogP) is 16.0. The molecule has 0 rings (SSSR count). The van der Waals surface area contributed by atoms with Gasteiger partial charge in [0.05, 0.1) is 0 Å². The van der Waals surface area contributed by atoms with Crippen LogP contribution >= 0.6 is 0 Å². The molecule has 61 heavy (non-hydrogen) atoms. The van der Waals surface area contributed by atoms with Gasteiger partial charge in [-0.1, -0.05) is 201 Å². The minimum atomic E-state index is -0.821. The predicted molar refractivity (Wildman–Crippen MR) is 260 cm³/mol. The summed E-state index contributed by atoms with van der Waals surface area (Å²) >= 11 is 0. The summed E-state index contributed by atoms with van der Waals surface area (Å²) in [7, 11) is 0. The molecule has 0 saturated carbocycles. The second kappa shape index (κ2) is 48.7. The van der Waals surface area contributed by atoms with Crippen LogP contribution in [-0.2, 0) is 28.6 Å². The summed E-state index contributed by atoms with van der Waals surface area (Å²) in [6.07, 6.45) is 65.1. The Bertz CT molecular complexity index is 1290. The van der Waals surface area contributed by atoms with Gasteiger partial charge in [-0.3, -0.25) is 14.4 Å². The van der Waals surface area contributed by atoms with E-state index < -0.39 is 6.10 Å². The average Bonchev–Trinajstić information content (AvgIpc) is 3.26. The molecule has 0 spiro atoms. The lowest BCUT2D eigenvalue weighted by Crippen LogP contribution is -2.30. The molecular formula is C55H88O6. The van der Waals surface area contributed by atoms with Gasteiger partial charge < -0.3 is 14.2 Å². The van der Waals surface area contributed by atoms with Gasteiger partial charge in [-0.15, -0.1) is 0 Å². The van der Waals surface area contributed by atoms with E-state index in [-0.39, 0.29) is 44.0 Å². The van der Waals surface area contributed by atoms with Gasteiger partial charge in [0.2, 0.25) is 0 Å². The molecule has 0 aromatic heterocycles. The van der Waals surface area contributed by atoms with Crippen molar-refractivity contribution in [3.05, 3.63) is 109 Å². The van der Waals surface area contributed by atoms with Crippen LogP contribution in [0.5, 0.6) is 0 Å². The van der Waals surface area contributed by atoms with Crippen LogP contribution in [0.25, 0.3) is 0 Å². The van der Waals surface area contributed by atoms with E-state index in [9.17, 15) is 14.4 Å². The van der Waals surface area contributed by atoms with Crippen LogP contribution in [0.3, 0.4) is 0 Å². The van der Waals surface area contributed by atoms with E-state index >= 15 is 0 Å². The largest absolute Gasteiger partial charge is 0.462 e. The van der Waals surface area contributed by atoms with Gasteiger partial charge in [-0.25, -0.2) is 0 Å². The van der Waals surface area contributed by atoms with E-state index in [0.29, 0.717) is 12.8 Å². The van der Waals surface area contributed by atoms with Crippen molar-refractivity contribution in [1.29, 1.82) is 0 Å². The Morgan fingerprint density at radius 1 is 0.361 bits per heavy atom. The third kappa shape index (κ3) is 47.0. The smallest absolute Gasteiger partial charge is 0.306 e. The van der Waals surface area contributed by atoms with Crippen LogP contribution < -0.4 is 0 Å². The first-order valence-corrected chi connectivity index (χ1v) is 24.5. The van der Waals surface area contributed by atoms with Crippen molar-refractivity contribution in [1.82, 2.24) is 0 Å². The highest BCUT2D eigenvalue weighted by molar-refractivity contribution is 5.71. The molecule has 0 heterocycles. The van der Waals surface area contributed by atoms with Crippen LogP contribution in [0.4, 0.5) is 0 Å². The highest BCUT2D eigenvalue weighted by atomic mass is 16.6. The number of carbonyl (C=O) groups excluding carboxylic acids is 3. The summed E-state index contributed by atoms with van der Waals surface area (Å²) in [6, 6.07) is 0. The molecule has 0 aromatic rings. The van der Waals surface area contributed by atoms with Crippen molar-refractivity contribution in [3.8, 4) is 0 Å². The summed E-state index contributed by atoms with van der Waals surface area (Å²) in [6.45, 7) is 6.27. The second-order valence-electron chi connectivity index (χ2n) is 15.7. The van der Waals surface area contributed by atoms with E-state index in [1.807, 2.05) is 54.7 Å². The molecule has 6 nitrogen and oxygen atoms in total. The maximum Gasteiger partial charge on any atom is 0.306 e. The number of ether oxygens (including phenoxy) is 3. The third-order valence-corrected chi connectivity index (χ3v) is 9.87. The molecule has 1 unspecified atom stereocenters. The fraction of sp³-hybridized carbons (Fsp3) is 0.618. The molecule has 1 atom stereocenters. The number of unbranched alkanes of at least 4 members (excludes halogenated alkanes) is 17. The molecule has 0 fully saturated rings. The molecular weight excluding hydrogens is 757 g/mol. The van der Waals surface area contributed by atoms with E-state index in [2.05, 4.69) is 75.5 Å². The molecule has 344 valence electrons. The first-order valence-electron chi connectivity index (χ1n) is 24.5. The van der Waals surface area contributed by atoms with Crippen LogP contribution in [0.1, 0.15) is 201 Å². The summed E-state index contributed by atoms with van der Waals surface area (Å²) in [5.74, 6) is -1.03. The van der Waals surface area contributed by atoms with Crippen LogP contribution in [0.2, 0.25) is 0 Å². The standard InChI is InChI=1S/C55H88O6/c1-4-7-10-13-16-19-22-25-27-28-31-33-36-39-42-45-48-54(57)60-51-52(50-59-53(56)47-44-41-38-35-32-29-24-21-18-15-12-9-6-3)61-55(58)49-46-43-40-37-34-30-26-23-20-17-14-11-8-5-2/h7,9-10,12,15-16,18-19,21,24-25,27,29-30,32,34-35,38,52H,4-6,8,11,13-14,17,20,22-23,26,28,31,33,36-37,39-51H2,1-3H3/b10-7-,12-9-,18-15-,19-16-,24-21-,27-25-,32-29-,34-30-,38-35-. The zero-order valence-corrected chi connectivity index (χ0v) is 39.1. The van der Waals surface area contributed by atoms with Gasteiger partial charge in [0.25, 0.3) is 0 Å². The summed E-state index contributed by atoms with van der Waals surface area (Å²) in [4.78, 5) is 37.9. The van der Waals surface area contributed by atoms with E-state index in [1.54, 1.807) is 0 Å². The van der Waals surface area contributed by atoms with Gasteiger partial charge in [0, 0.05) is 19.3 Å². The van der Waals surface area contributed by atoms with Crippen molar-refractivity contribution >= 4 is 17.9 Å². The van der Waals surface area contributed by atoms with E-state index in [0.717, 1.165) is 96.3 Å². The molecule has 0 aliphatic rings. The number of esters is 3. The number of carbonyl (C=O) groups is 3. The minimum absolute atomic E-state index is 0.116. The first kappa shape index (κ1) is 57.1. The Hall–Kier alpha value is -3.93. The van der Waals surface area contributed by atoms with Crippen LogP contribution in [-0.4, -0.2) is 37.2 Å². The highest BCUT2D eigenvalue weighted by Crippen LogP contribution is 2.13. The number of allylic oxidation sites excluding steroid dienone is 18. The molecule has 0 aliphatic carbocycles. The lowest BCUT2D eigenvalue weighted by atomic mass is 10.1. The molecule has 0 amide bonds. The Labute approximate surface area is 374 Å². The van der Waals surface area contributed by atoms with Crippen molar-refractivity contribution in [2.45, 2.75) is 207 Å². The highest BCUT2D eigenvalue weighted by Gasteiger charge is 2.19. The molecule has 0 N–H and O–H groups in total. The number of hydrogen-bond donors (Lipinski definition) is 0. The Morgan fingerprint density at radius 2 is 0.738 bits per heavy atom. The van der Waals surface area contributed by atoms with Gasteiger partial charge >= 0.3 is 17.9 Å². The fourth-order valence-corrected chi connectivity index (χ4v) is 6.24. The van der Waals surface area contributed by atoms with Crippen LogP contribution in [0, 0.1) is 0 Å². The summed E-state index contributed by atoms with van der Waals surface area (Å²) in [5.41, 5.74) is 0. The first-order chi connectivity index (χ1) is 30.0. The van der Waals surface area contributed by atoms with Crippen molar-refractivity contribution in [3.63, 3.8) is 0 Å². The van der Waals surface area contributed by atoms with Crippen LogP contribution in [0.15, 0.2) is 109 Å². The maximum absolute atomic E-state index is 12.8. The quantitative estimate of drug-likeness (QED) is 0.0200. The average molecular weight is 845 g/mol. The molecule has 0 saturated heterocycles. The van der Waals surface area contributed by atoms with Gasteiger partial charge in [-0.2, -0.15) is 0 Å². The summed E-state index contributed by atoms with van der Waals surface area (Å²) in [5, 5.41) is 0. The van der Waals surface area contributed by atoms with Gasteiger partial charge in [-0.05, 0) is 89.9 Å². The number of hydrogen-bond acceptors (Lipinski definition) is 6. The number of rotatable bonds is 42. The molecule has 0 aliphatic heterocycles. The van der Waals surface area contributed by atoms with Gasteiger partial charge in [0.1, 0.15) is 13.2 Å². The van der Waals surface area contributed by atoms with Crippen molar-refractivity contribution in [2.24, 2.45) is 0 Å². The maximum atomic E-state index is 12.8. The Balaban J connectivity index is 4.54. The van der Waals surface area contributed by atoms with E-state index in [1.165, 1.54) is 57.8 Å².